The standard InChI is InChI=1S/C5H9NO2S2/c1-9-5(10-2)6-3-4(7)8/h3H2,1-2H3,(H,7,8)/i3D2. The molecule has 0 aromatic rings. The second-order valence-electron chi connectivity index (χ2n) is 1.20. The molecule has 0 heterocycles. The van der Waals surface area contributed by atoms with E-state index in [9.17, 15) is 4.79 Å². The highest BCUT2D eigenvalue weighted by molar-refractivity contribution is 8.38. The first kappa shape index (κ1) is 6.54. The molecule has 0 unspecified atom stereocenters. The van der Waals surface area contributed by atoms with Crippen LogP contribution in [0.2, 0.25) is 0 Å². The normalized spacial score (nSPS) is 13.4. The Bertz CT molecular complexity index is 202. The predicted octanol–water partition coefficient (Wildman–Crippen LogP) is 1.15. The van der Waals surface area contributed by atoms with Crippen LogP contribution < -0.4 is 0 Å². The van der Waals surface area contributed by atoms with Gasteiger partial charge in [-0.15, -0.1) is 23.5 Å². The average molecular weight is 181 g/mol. The first-order chi connectivity index (χ1) is 5.44. The van der Waals surface area contributed by atoms with Crippen molar-refractivity contribution in [3.05, 3.63) is 0 Å². The van der Waals surface area contributed by atoms with Crippen LogP contribution in [0, 0.1) is 0 Å². The molecule has 58 valence electrons. The summed E-state index contributed by atoms with van der Waals surface area (Å²) in [4.78, 5) is 13.7. The molecular weight excluding hydrogens is 170 g/mol. The summed E-state index contributed by atoms with van der Waals surface area (Å²) in [6, 6.07) is 0. The Morgan fingerprint density at radius 2 is 2.20 bits per heavy atom. The topological polar surface area (TPSA) is 49.7 Å². The van der Waals surface area contributed by atoms with Gasteiger partial charge in [0.25, 0.3) is 0 Å². The molecule has 0 aliphatic carbocycles. The van der Waals surface area contributed by atoms with Crippen LogP contribution in [-0.2, 0) is 4.79 Å². The van der Waals surface area contributed by atoms with Crippen molar-refractivity contribution >= 4 is 33.9 Å². The molecule has 0 radical (unpaired) electrons. The van der Waals surface area contributed by atoms with Gasteiger partial charge in [-0.1, -0.05) is 0 Å². The summed E-state index contributed by atoms with van der Waals surface area (Å²) in [5, 5.41) is 8.38. The van der Waals surface area contributed by atoms with Crippen LogP contribution in [0.4, 0.5) is 0 Å². The van der Waals surface area contributed by atoms with Crippen molar-refractivity contribution in [3.8, 4) is 0 Å². The van der Waals surface area contributed by atoms with Crippen LogP contribution in [0.5, 0.6) is 0 Å². The van der Waals surface area contributed by atoms with Crippen molar-refractivity contribution in [2.45, 2.75) is 0 Å². The van der Waals surface area contributed by atoms with Gasteiger partial charge in [-0.05, 0) is 12.5 Å². The first-order valence-electron chi connectivity index (χ1n) is 3.35. The summed E-state index contributed by atoms with van der Waals surface area (Å²) >= 11 is 2.45. The minimum absolute atomic E-state index is 0.419. The second-order valence-corrected chi connectivity index (χ2v) is 3.05. The number of carboxylic acids is 1. The quantitative estimate of drug-likeness (QED) is 0.513. The Hall–Kier alpha value is -0.160. The van der Waals surface area contributed by atoms with Crippen LogP contribution >= 0.6 is 23.5 Å². The SMILES string of the molecule is [2H]C([2H])(N=C(SC)SC)C(=O)O. The summed E-state index contributed by atoms with van der Waals surface area (Å²) in [5.74, 6) is -1.57. The summed E-state index contributed by atoms with van der Waals surface area (Å²) < 4.78 is 14.4. The summed E-state index contributed by atoms with van der Waals surface area (Å²) in [5.41, 5.74) is 0. The maximum absolute atomic E-state index is 10.3. The fourth-order valence-electron chi connectivity index (χ4n) is 0.268. The zero-order valence-electron chi connectivity index (χ0n) is 7.62. The highest BCUT2D eigenvalue weighted by atomic mass is 32.2. The molecule has 0 atom stereocenters. The third-order valence-corrected chi connectivity index (χ3v) is 2.47. The molecule has 0 aliphatic rings. The Kier molecular flexibility index (Phi) is 3.67. The van der Waals surface area contributed by atoms with Gasteiger partial charge in [-0.3, -0.25) is 9.79 Å². The maximum Gasteiger partial charge on any atom is 0.325 e. The van der Waals surface area contributed by atoms with Crippen molar-refractivity contribution in [1.82, 2.24) is 0 Å². The number of nitrogens with zero attached hydrogens (tertiary/aromatic N) is 1. The molecule has 0 fully saturated rings. The number of carbonyl (C=O) groups is 1. The summed E-state index contributed by atoms with van der Waals surface area (Å²) in [7, 11) is 0. The monoisotopic (exact) mass is 181 g/mol. The maximum atomic E-state index is 10.3. The third-order valence-electron chi connectivity index (χ3n) is 0.592. The van der Waals surface area contributed by atoms with Crippen LogP contribution in [0.25, 0.3) is 0 Å². The highest BCUT2D eigenvalue weighted by Crippen LogP contribution is 2.09. The lowest BCUT2D eigenvalue weighted by Gasteiger charge is -1.94. The van der Waals surface area contributed by atoms with Crippen LogP contribution in [0.1, 0.15) is 2.74 Å². The molecule has 10 heavy (non-hydrogen) atoms. The molecule has 0 spiro atoms. The molecule has 0 aromatic heterocycles. The number of carboxylic acid groups (broad SMARTS) is 1. The molecule has 0 amide bonds. The molecule has 1 N–H and O–H groups in total. The van der Waals surface area contributed by atoms with Gasteiger partial charge in [0.2, 0.25) is 0 Å². The Morgan fingerprint density at radius 3 is 2.50 bits per heavy atom. The Balaban J connectivity index is 4.57. The van der Waals surface area contributed by atoms with Gasteiger partial charge in [0.1, 0.15) is 10.9 Å². The van der Waals surface area contributed by atoms with Gasteiger partial charge in [-0.2, -0.15) is 0 Å². The molecule has 0 rings (SSSR count). The molecule has 0 bridgehead atoms. The van der Waals surface area contributed by atoms with E-state index in [1.54, 1.807) is 12.5 Å². The van der Waals surface area contributed by atoms with E-state index in [2.05, 4.69) is 4.99 Å². The lowest BCUT2D eigenvalue weighted by molar-refractivity contribution is -0.135. The zero-order valence-corrected chi connectivity index (χ0v) is 7.25. The van der Waals surface area contributed by atoms with Crippen molar-refractivity contribution in [2.75, 3.05) is 19.0 Å². The number of aliphatic carboxylic acids is 1. The largest absolute Gasteiger partial charge is 0.480 e. The van der Waals surface area contributed by atoms with Gasteiger partial charge in [0, 0.05) is 0 Å². The molecule has 5 heteroatoms. The molecule has 0 aliphatic heterocycles. The smallest absolute Gasteiger partial charge is 0.325 e. The van der Waals surface area contributed by atoms with Crippen molar-refractivity contribution in [3.63, 3.8) is 0 Å². The number of hydrogen-bond donors (Lipinski definition) is 1. The van der Waals surface area contributed by atoms with Crippen molar-refractivity contribution in [2.24, 2.45) is 4.99 Å². The average Bonchev–Trinajstić information content (AvgIpc) is 2.00. The predicted molar refractivity (Wildman–Crippen MR) is 47.0 cm³/mol. The molecule has 0 aromatic carbocycles. The minimum atomic E-state index is -2.51. The van der Waals surface area contributed by atoms with E-state index in [0.29, 0.717) is 4.38 Å². The third kappa shape index (κ3) is 4.69. The van der Waals surface area contributed by atoms with Crippen molar-refractivity contribution < 1.29 is 12.6 Å². The second kappa shape index (κ2) is 5.61. The van der Waals surface area contributed by atoms with Crippen LogP contribution in [-0.4, -0.2) is 34.5 Å². The number of aliphatic imine (C=N–C) groups is 1. The lowest BCUT2D eigenvalue weighted by atomic mass is 10.7. The Morgan fingerprint density at radius 1 is 1.70 bits per heavy atom. The fraction of sp³-hybridized carbons (Fsp3) is 0.600. The number of thioether (sulfide) groups is 2. The van der Waals surface area contributed by atoms with E-state index in [1.807, 2.05) is 0 Å². The van der Waals surface area contributed by atoms with E-state index in [4.69, 9.17) is 7.85 Å². The zero-order chi connectivity index (χ0) is 9.78. The van der Waals surface area contributed by atoms with E-state index < -0.39 is 12.5 Å². The Labute approximate surface area is 71.1 Å². The summed E-state index contributed by atoms with van der Waals surface area (Å²) in [6.07, 6.45) is 3.43. The van der Waals surface area contributed by atoms with E-state index >= 15 is 0 Å². The molecule has 0 saturated heterocycles. The highest BCUT2D eigenvalue weighted by Gasteiger charge is 1.95. The van der Waals surface area contributed by atoms with E-state index in [-0.39, 0.29) is 0 Å². The van der Waals surface area contributed by atoms with Gasteiger partial charge >= 0.3 is 5.97 Å². The molecule has 3 nitrogen and oxygen atoms in total. The summed E-state index contributed by atoms with van der Waals surface area (Å²) in [6.45, 7) is -2.51. The van der Waals surface area contributed by atoms with Gasteiger partial charge in [0.15, 0.2) is 0 Å². The van der Waals surface area contributed by atoms with Gasteiger partial charge in [-0.25, -0.2) is 0 Å². The number of hydrogen-bond acceptors (Lipinski definition) is 4. The van der Waals surface area contributed by atoms with E-state index in [1.165, 1.54) is 23.5 Å². The first-order valence-corrected chi connectivity index (χ1v) is 4.80. The molecular formula is C5H9NO2S2. The van der Waals surface area contributed by atoms with Crippen LogP contribution in [0.3, 0.4) is 0 Å². The van der Waals surface area contributed by atoms with Gasteiger partial charge < -0.3 is 5.11 Å². The van der Waals surface area contributed by atoms with Crippen LogP contribution in [0.15, 0.2) is 4.99 Å². The van der Waals surface area contributed by atoms with Crippen molar-refractivity contribution in [1.29, 1.82) is 0 Å². The fourth-order valence-corrected chi connectivity index (χ4v) is 1.21. The number of rotatable bonds is 2. The minimum Gasteiger partial charge on any atom is -0.480 e. The lowest BCUT2D eigenvalue weighted by Crippen LogP contribution is -2.00. The van der Waals surface area contributed by atoms with E-state index in [0.717, 1.165) is 0 Å². The van der Waals surface area contributed by atoms with Gasteiger partial charge in [0.05, 0.1) is 2.74 Å². The molecule has 0 saturated carbocycles.